The lowest BCUT2D eigenvalue weighted by atomic mass is 9.95. The highest BCUT2D eigenvalue weighted by Gasteiger charge is 2.21. The minimum absolute atomic E-state index is 0.0254. The van der Waals surface area contributed by atoms with Gasteiger partial charge in [-0.1, -0.05) is 20.8 Å². The Morgan fingerprint density at radius 2 is 2.00 bits per heavy atom. The fourth-order valence-electron chi connectivity index (χ4n) is 1.09. The number of aryl methyl sites for hydroxylation is 1. The van der Waals surface area contributed by atoms with E-state index in [1.165, 1.54) is 0 Å². The van der Waals surface area contributed by atoms with Crippen molar-refractivity contribution in [2.75, 3.05) is 12.4 Å². The van der Waals surface area contributed by atoms with Crippen molar-refractivity contribution in [1.29, 1.82) is 0 Å². The summed E-state index contributed by atoms with van der Waals surface area (Å²) < 4.78 is 5.00. The molecule has 88 valence electrons. The summed E-state index contributed by atoms with van der Waals surface area (Å²) in [6, 6.07) is 3.52. The molecule has 0 aliphatic carbocycles. The molecule has 1 N–H and O–H groups in total. The van der Waals surface area contributed by atoms with Crippen LogP contribution in [0.15, 0.2) is 12.1 Å². The molecule has 1 aromatic heterocycles. The zero-order valence-corrected chi connectivity index (χ0v) is 10.4. The Morgan fingerprint density at radius 1 is 1.38 bits per heavy atom. The van der Waals surface area contributed by atoms with Crippen LogP contribution in [-0.2, 0) is 4.79 Å². The molecule has 0 spiro atoms. The predicted molar refractivity (Wildman–Crippen MR) is 63.6 cm³/mol. The molecule has 0 aliphatic rings. The molecule has 16 heavy (non-hydrogen) atoms. The van der Waals surface area contributed by atoms with Gasteiger partial charge in [0.05, 0.1) is 18.5 Å². The molecule has 1 amide bonds. The fourth-order valence-corrected chi connectivity index (χ4v) is 1.09. The van der Waals surface area contributed by atoms with Crippen molar-refractivity contribution in [3.63, 3.8) is 0 Å². The monoisotopic (exact) mass is 222 g/mol. The molecular weight excluding hydrogens is 204 g/mol. The van der Waals surface area contributed by atoms with Crippen molar-refractivity contribution in [3.05, 3.63) is 17.8 Å². The Bertz CT molecular complexity index is 394. The molecule has 4 heteroatoms. The third-order valence-corrected chi connectivity index (χ3v) is 2.20. The van der Waals surface area contributed by atoms with Gasteiger partial charge in [-0.15, -0.1) is 0 Å². The molecule has 0 unspecified atom stereocenters. The van der Waals surface area contributed by atoms with Gasteiger partial charge in [0.15, 0.2) is 0 Å². The lowest BCUT2D eigenvalue weighted by Gasteiger charge is -2.18. The Labute approximate surface area is 96.0 Å². The van der Waals surface area contributed by atoms with Crippen LogP contribution in [0.3, 0.4) is 0 Å². The number of pyridine rings is 1. The second kappa shape index (κ2) is 4.51. The van der Waals surface area contributed by atoms with Crippen molar-refractivity contribution in [3.8, 4) is 5.88 Å². The maximum atomic E-state index is 11.8. The molecule has 1 rings (SSSR count). The molecule has 0 aromatic carbocycles. The SMILES string of the molecule is COc1ccc(NC(=O)C(C)(C)C)c(C)n1. The fraction of sp³-hybridized carbons (Fsp3) is 0.500. The molecule has 1 aromatic rings. The molecule has 0 bridgehead atoms. The van der Waals surface area contributed by atoms with E-state index in [-0.39, 0.29) is 5.91 Å². The van der Waals surface area contributed by atoms with E-state index in [9.17, 15) is 4.79 Å². The standard InChI is InChI=1S/C12H18N2O2/c1-8-9(6-7-10(13-8)16-5)14-11(15)12(2,3)4/h6-7H,1-5H3,(H,14,15). The van der Waals surface area contributed by atoms with Crippen LogP contribution >= 0.6 is 0 Å². The van der Waals surface area contributed by atoms with E-state index in [1.54, 1.807) is 19.2 Å². The third-order valence-electron chi connectivity index (χ3n) is 2.20. The first kappa shape index (κ1) is 12.5. The quantitative estimate of drug-likeness (QED) is 0.835. The number of hydrogen-bond acceptors (Lipinski definition) is 3. The molecule has 1 heterocycles. The van der Waals surface area contributed by atoms with Crippen LogP contribution in [-0.4, -0.2) is 18.0 Å². The second-order valence-electron chi connectivity index (χ2n) is 4.69. The van der Waals surface area contributed by atoms with E-state index in [0.717, 1.165) is 11.4 Å². The maximum absolute atomic E-state index is 11.8. The van der Waals surface area contributed by atoms with Crippen LogP contribution in [0.4, 0.5) is 5.69 Å². The van der Waals surface area contributed by atoms with E-state index in [2.05, 4.69) is 10.3 Å². The van der Waals surface area contributed by atoms with Crippen LogP contribution in [0.1, 0.15) is 26.5 Å². The largest absolute Gasteiger partial charge is 0.481 e. The van der Waals surface area contributed by atoms with Gasteiger partial charge in [-0.05, 0) is 13.0 Å². The van der Waals surface area contributed by atoms with E-state index in [0.29, 0.717) is 5.88 Å². The lowest BCUT2D eigenvalue weighted by molar-refractivity contribution is -0.123. The van der Waals surface area contributed by atoms with E-state index < -0.39 is 5.41 Å². The van der Waals surface area contributed by atoms with Gasteiger partial charge in [-0.2, -0.15) is 0 Å². The van der Waals surface area contributed by atoms with Crippen molar-refractivity contribution >= 4 is 11.6 Å². The van der Waals surface area contributed by atoms with E-state index in [1.807, 2.05) is 27.7 Å². The zero-order chi connectivity index (χ0) is 12.3. The van der Waals surface area contributed by atoms with Crippen molar-refractivity contribution in [2.45, 2.75) is 27.7 Å². The Balaban J connectivity index is 2.87. The summed E-state index contributed by atoms with van der Waals surface area (Å²) in [6.45, 7) is 7.44. The van der Waals surface area contributed by atoms with Gasteiger partial charge < -0.3 is 10.1 Å². The third kappa shape index (κ3) is 2.95. The minimum Gasteiger partial charge on any atom is -0.481 e. The van der Waals surface area contributed by atoms with Crippen molar-refractivity contribution in [2.24, 2.45) is 5.41 Å². The van der Waals surface area contributed by atoms with Gasteiger partial charge in [0, 0.05) is 11.5 Å². The number of hydrogen-bond donors (Lipinski definition) is 1. The number of anilines is 1. The summed E-state index contributed by atoms with van der Waals surface area (Å²) in [7, 11) is 1.56. The molecule has 4 nitrogen and oxygen atoms in total. The van der Waals surface area contributed by atoms with Crippen molar-refractivity contribution < 1.29 is 9.53 Å². The number of amides is 1. The highest BCUT2D eigenvalue weighted by atomic mass is 16.5. The van der Waals surface area contributed by atoms with Crippen LogP contribution in [0.5, 0.6) is 5.88 Å². The first-order chi connectivity index (χ1) is 7.34. The maximum Gasteiger partial charge on any atom is 0.229 e. The van der Waals surface area contributed by atoms with Gasteiger partial charge in [0.1, 0.15) is 0 Å². The Kier molecular flexibility index (Phi) is 3.52. The average molecular weight is 222 g/mol. The highest BCUT2D eigenvalue weighted by Crippen LogP contribution is 2.20. The number of nitrogens with one attached hydrogen (secondary N) is 1. The zero-order valence-electron chi connectivity index (χ0n) is 10.4. The van der Waals surface area contributed by atoms with Crippen molar-refractivity contribution in [1.82, 2.24) is 4.98 Å². The second-order valence-corrected chi connectivity index (χ2v) is 4.69. The van der Waals surface area contributed by atoms with Gasteiger partial charge >= 0.3 is 0 Å². The van der Waals surface area contributed by atoms with E-state index >= 15 is 0 Å². The molecule has 0 saturated heterocycles. The first-order valence-corrected chi connectivity index (χ1v) is 5.17. The van der Waals surface area contributed by atoms with Crippen LogP contribution in [0.25, 0.3) is 0 Å². The number of methoxy groups -OCH3 is 1. The summed E-state index contributed by atoms with van der Waals surface area (Å²) in [5.74, 6) is 0.522. The number of aromatic nitrogens is 1. The smallest absolute Gasteiger partial charge is 0.229 e. The highest BCUT2D eigenvalue weighted by molar-refractivity contribution is 5.94. The van der Waals surface area contributed by atoms with Gasteiger partial charge in [-0.25, -0.2) is 4.98 Å². The number of nitrogens with zero attached hydrogens (tertiary/aromatic N) is 1. The number of rotatable bonds is 2. The number of ether oxygens (including phenoxy) is 1. The molecule has 0 saturated carbocycles. The summed E-state index contributed by atoms with van der Waals surface area (Å²) in [5, 5.41) is 2.84. The number of carbonyl (C=O) groups is 1. The molecular formula is C12H18N2O2. The number of carbonyl (C=O) groups excluding carboxylic acids is 1. The average Bonchev–Trinajstić information content (AvgIpc) is 2.19. The predicted octanol–water partition coefficient (Wildman–Crippen LogP) is 2.38. The minimum atomic E-state index is -0.410. The van der Waals surface area contributed by atoms with E-state index in [4.69, 9.17) is 4.74 Å². The normalized spacial score (nSPS) is 11.1. The summed E-state index contributed by atoms with van der Waals surface area (Å²) >= 11 is 0. The summed E-state index contributed by atoms with van der Waals surface area (Å²) in [5.41, 5.74) is 1.06. The van der Waals surface area contributed by atoms with Crippen LogP contribution < -0.4 is 10.1 Å². The van der Waals surface area contributed by atoms with Gasteiger partial charge in [0.25, 0.3) is 0 Å². The Morgan fingerprint density at radius 3 is 2.44 bits per heavy atom. The molecule has 0 fully saturated rings. The molecule has 0 radical (unpaired) electrons. The van der Waals surface area contributed by atoms with Crippen LogP contribution in [0.2, 0.25) is 0 Å². The van der Waals surface area contributed by atoms with Gasteiger partial charge in [0.2, 0.25) is 11.8 Å². The first-order valence-electron chi connectivity index (χ1n) is 5.17. The lowest BCUT2D eigenvalue weighted by Crippen LogP contribution is -2.28. The molecule has 0 atom stereocenters. The van der Waals surface area contributed by atoms with Crippen LogP contribution in [0, 0.1) is 12.3 Å². The Hall–Kier alpha value is -1.58. The topological polar surface area (TPSA) is 51.2 Å². The summed E-state index contributed by atoms with van der Waals surface area (Å²) in [4.78, 5) is 16.0. The summed E-state index contributed by atoms with van der Waals surface area (Å²) in [6.07, 6.45) is 0. The van der Waals surface area contributed by atoms with Gasteiger partial charge in [-0.3, -0.25) is 4.79 Å². The molecule has 0 aliphatic heterocycles.